The van der Waals surface area contributed by atoms with Crippen LogP contribution in [-0.2, 0) is 9.59 Å². The number of hydrogen-bond donors (Lipinski definition) is 3. The van der Waals surface area contributed by atoms with Crippen LogP contribution in [0.15, 0.2) is 77.5 Å². The number of aromatic hydroxyl groups is 1. The fourth-order valence-corrected chi connectivity index (χ4v) is 3.53. The number of anilines is 3. The van der Waals surface area contributed by atoms with E-state index in [1.807, 2.05) is 0 Å². The second-order valence-electron chi connectivity index (χ2n) is 6.94. The molecule has 166 valence electrons. The van der Waals surface area contributed by atoms with Gasteiger partial charge in [0.25, 0.3) is 17.7 Å². The molecule has 7 nitrogen and oxygen atoms in total. The first-order valence-electron chi connectivity index (χ1n) is 9.45. The van der Waals surface area contributed by atoms with E-state index in [1.165, 1.54) is 24.3 Å². The summed E-state index contributed by atoms with van der Waals surface area (Å²) in [7, 11) is 0. The van der Waals surface area contributed by atoms with Gasteiger partial charge in [-0.25, -0.2) is 9.29 Å². The van der Waals surface area contributed by atoms with Crippen LogP contribution in [0.5, 0.6) is 5.75 Å². The first-order chi connectivity index (χ1) is 15.7. The monoisotopic (exact) mass is 485 g/mol. The van der Waals surface area contributed by atoms with Gasteiger partial charge in [0.15, 0.2) is 0 Å². The van der Waals surface area contributed by atoms with Crippen LogP contribution in [-0.4, -0.2) is 22.8 Å². The van der Waals surface area contributed by atoms with Gasteiger partial charge in [-0.15, -0.1) is 0 Å². The summed E-state index contributed by atoms with van der Waals surface area (Å²) >= 11 is 11.9. The van der Waals surface area contributed by atoms with Crippen molar-refractivity contribution in [3.8, 4) is 5.75 Å². The Bertz CT molecular complexity index is 1340. The maximum Gasteiger partial charge on any atom is 0.283 e. The van der Waals surface area contributed by atoms with Gasteiger partial charge in [-0.2, -0.15) is 0 Å². The van der Waals surface area contributed by atoms with Gasteiger partial charge < -0.3 is 15.7 Å². The normalized spacial score (nSPS) is 13.5. The number of phenols is 1. The molecule has 3 aromatic carbocycles. The Morgan fingerprint density at radius 3 is 2.36 bits per heavy atom. The smallest absolute Gasteiger partial charge is 0.283 e. The van der Waals surface area contributed by atoms with Crippen molar-refractivity contribution in [3.63, 3.8) is 0 Å². The van der Waals surface area contributed by atoms with Crippen LogP contribution in [0, 0.1) is 5.82 Å². The van der Waals surface area contributed by atoms with Crippen LogP contribution < -0.4 is 15.5 Å². The van der Waals surface area contributed by atoms with Crippen molar-refractivity contribution in [2.45, 2.75) is 0 Å². The Hall–Kier alpha value is -3.88. The van der Waals surface area contributed by atoms with Crippen LogP contribution >= 0.6 is 23.2 Å². The van der Waals surface area contributed by atoms with Crippen LogP contribution in [0.3, 0.4) is 0 Å². The summed E-state index contributed by atoms with van der Waals surface area (Å²) in [6.45, 7) is 0. The van der Waals surface area contributed by atoms with Gasteiger partial charge in [0.2, 0.25) is 0 Å². The number of halogens is 3. The lowest BCUT2D eigenvalue weighted by Crippen LogP contribution is -2.32. The summed E-state index contributed by atoms with van der Waals surface area (Å²) in [5.41, 5.74) is 0.832. The third-order valence-corrected chi connectivity index (χ3v) is 5.33. The standard InChI is InChI=1S/C23H14Cl2FN3O4/c24-17-11-15(7-8-18(17)26)29-22(32)19(25)20(23(29)33)27-13-4-1-3-12(9-13)21(31)28-14-5-2-6-16(30)10-14/h1-11,27,30H,(H,28,31). The van der Waals surface area contributed by atoms with E-state index in [0.29, 0.717) is 11.4 Å². The fourth-order valence-electron chi connectivity index (χ4n) is 3.14. The molecule has 0 saturated carbocycles. The lowest BCUT2D eigenvalue weighted by Gasteiger charge is -2.15. The number of amides is 3. The maximum atomic E-state index is 13.5. The third-order valence-electron chi connectivity index (χ3n) is 4.69. The van der Waals surface area contributed by atoms with Gasteiger partial charge in [0.1, 0.15) is 22.3 Å². The summed E-state index contributed by atoms with van der Waals surface area (Å²) in [4.78, 5) is 38.8. The van der Waals surface area contributed by atoms with Crippen molar-refractivity contribution in [2.24, 2.45) is 0 Å². The molecule has 3 N–H and O–H groups in total. The van der Waals surface area contributed by atoms with Crippen LogP contribution in [0.2, 0.25) is 5.02 Å². The van der Waals surface area contributed by atoms with Crippen LogP contribution in [0.4, 0.5) is 21.5 Å². The zero-order chi connectivity index (χ0) is 23.7. The highest BCUT2D eigenvalue weighted by molar-refractivity contribution is 6.53. The summed E-state index contributed by atoms with van der Waals surface area (Å²) in [6, 6.07) is 15.6. The Balaban J connectivity index is 1.55. The molecule has 33 heavy (non-hydrogen) atoms. The number of phenolic OH excluding ortho intramolecular Hbond substituents is 1. The molecule has 0 fully saturated rings. The van der Waals surface area contributed by atoms with Crippen molar-refractivity contribution >= 4 is 58.0 Å². The van der Waals surface area contributed by atoms with Gasteiger partial charge in [-0.05, 0) is 48.5 Å². The van der Waals surface area contributed by atoms with Crippen molar-refractivity contribution < 1.29 is 23.9 Å². The minimum atomic E-state index is -0.801. The van der Waals surface area contributed by atoms with E-state index in [9.17, 15) is 23.9 Å². The first-order valence-corrected chi connectivity index (χ1v) is 10.2. The molecule has 0 atom stereocenters. The van der Waals surface area contributed by atoms with E-state index >= 15 is 0 Å². The van der Waals surface area contributed by atoms with Gasteiger partial charge >= 0.3 is 0 Å². The summed E-state index contributed by atoms with van der Waals surface area (Å²) in [5, 5.41) is 14.3. The Kier molecular flexibility index (Phi) is 6.04. The second-order valence-corrected chi connectivity index (χ2v) is 7.73. The highest BCUT2D eigenvalue weighted by atomic mass is 35.5. The maximum absolute atomic E-state index is 13.5. The average molecular weight is 486 g/mol. The Labute approximate surface area is 197 Å². The minimum absolute atomic E-state index is 0.00112. The van der Waals surface area contributed by atoms with Crippen LogP contribution in [0.1, 0.15) is 10.4 Å². The topological polar surface area (TPSA) is 98.7 Å². The van der Waals surface area contributed by atoms with Crippen molar-refractivity contribution in [3.05, 3.63) is 93.9 Å². The number of carbonyl (C=O) groups is 3. The Morgan fingerprint density at radius 2 is 1.64 bits per heavy atom. The van der Waals surface area contributed by atoms with Crippen molar-refractivity contribution in [2.75, 3.05) is 15.5 Å². The molecule has 0 aromatic heterocycles. The lowest BCUT2D eigenvalue weighted by atomic mass is 10.1. The van der Waals surface area contributed by atoms with E-state index in [4.69, 9.17) is 23.2 Å². The molecular formula is C23H14Cl2FN3O4. The molecule has 10 heteroatoms. The molecular weight excluding hydrogens is 472 g/mol. The third kappa shape index (κ3) is 4.52. The predicted molar refractivity (Wildman–Crippen MR) is 123 cm³/mol. The van der Waals surface area contributed by atoms with Crippen LogP contribution in [0.25, 0.3) is 0 Å². The van der Waals surface area contributed by atoms with Gasteiger partial charge in [0, 0.05) is 23.0 Å². The number of carbonyl (C=O) groups excluding carboxylic acids is 3. The number of rotatable bonds is 5. The van der Waals surface area contributed by atoms with Crippen molar-refractivity contribution in [1.82, 2.24) is 0 Å². The molecule has 0 saturated heterocycles. The average Bonchev–Trinajstić information content (AvgIpc) is 2.99. The van der Waals surface area contributed by atoms with E-state index in [-0.39, 0.29) is 32.8 Å². The molecule has 1 aliphatic rings. The molecule has 0 spiro atoms. The highest BCUT2D eigenvalue weighted by Gasteiger charge is 2.39. The number of nitrogens with one attached hydrogen (secondary N) is 2. The largest absolute Gasteiger partial charge is 0.508 e. The molecule has 1 aliphatic heterocycles. The molecule has 0 aliphatic carbocycles. The van der Waals surface area contributed by atoms with Gasteiger partial charge in [-0.1, -0.05) is 35.3 Å². The quantitative estimate of drug-likeness (QED) is 0.447. The summed E-state index contributed by atoms with van der Waals surface area (Å²) < 4.78 is 13.5. The highest BCUT2D eigenvalue weighted by Crippen LogP contribution is 2.32. The molecule has 0 unspecified atom stereocenters. The number of nitrogens with zero attached hydrogens (tertiary/aromatic N) is 1. The molecule has 0 radical (unpaired) electrons. The minimum Gasteiger partial charge on any atom is -0.508 e. The van der Waals surface area contributed by atoms with Gasteiger partial charge in [0.05, 0.1) is 10.7 Å². The van der Waals surface area contributed by atoms with E-state index in [0.717, 1.165) is 17.0 Å². The first kappa shape index (κ1) is 22.3. The zero-order valence-corrected chi connectivity index (χ0v) is 18.1. The number of imide groups is 1. The molecule has 4 rings (SSSR count). The lowest BCUT2D eigenvalue weighted by molar-refractivity contribution is -0.120. The predicted octanol–water partition coefficient (Wildman–Crippen LogP) is 4.87. The fraction of sp³-hybridized carbons (Fsp3) is 0. The molecule has 0 bridgehead atoms. The van der Waals surface area contributed by atoms with E-state index in [2.05, 4.69) is 10.6 Å². The number of benzene rings is 3. The summed E-state index contributed by atoms with van der Waals surface area (Å²) in [6.07, 6.45) is 0. The van der Waals surface area contributed by atoms with E-state index in [1.54, 1.807) is 30.3 Å². The number of hydrogen-bond acceptors (Lipinski definition) is 5. The zero-order valence-electron chi connectivity index (χ0n) is 16.6. The molecule has 3 amide bonds. The SMILES string of the molecule is O=C(Nc1cccc(O)c1)c1cccc(NC2=C(Cl)C(=O)N(c3ccc(F)c(Cl)c3)C2=O)c1. The summed E-state index contributed by atoms with van der Waals surface area (Å²) in [5.74, 6) is -2.72. The molecule has 1 heterocycles. The van der Waals surface area contributed by atoms with Gasteiger partial charge in [-0.3, -0.25) is 14.4 Å². The molecule has 3 aromatic rings. The van der Waals surface area contributed by atoms with Crippen molar-refractivity contribution in [1.29, 1.82) is 0 Å². The van der Waals surface area contributed by atoms with E-state index < -0.39 is 23.5 Å². The Morgan fingerprint density at radius 1 is 0.909 bits per heavy atom. The second kappa shape index (κ2) is 8.93.